The van der Waals surface area contributed by atoms with Crippen LogP contribution >= 0.6 is 11.6 Å². The van der Waals surface area contributed by atoms with Crippen LogP contribution in [0, 0.1) is 5.82 Å². The van der Waals surface area contributed by atoms with Crippen molar-refractivity contribution < 1.29 is 8.91 Å². The van der Waals surface area contributed by atoms with Gasteiger partial charge in [0.15, 0.2) is 11.5 Å². The van der Waals surface area contributed by atoms with E-state index in [0.29, 0.717) is 22.1 Å². The molecule has 0 aliphatic carbocycles. The SMILES string of the molecule is Nc1c(-c2nc(-c3ccccc3Cl)no2)nnn1-c1ccc(F)cc1. The molecular formula is C16H10ClFN6O. The number of anilines is 1. The van der Waals surface area contributed by atoms with E-state index in [9.17, 15) is 4.39 Å². The summed E-state index contributed by atoms with van der Waals surface area (Å²) in [7, 11) is 0. The molecule has 0 spiro atoms. The zero-order chi connectivity index (χ0) is 17.4. The Kier molecular flexibility index (Phi) is 3.66. The smallest absolute Gasteiger partial charge is 0.282 e. The number of nitrogen functional groups attached to an aromatic ring is 1. The number of nitrogens with zero attached hydrogens (tertiary/aromatic N) is 5. The molecular weight excluding hydrogens is 347 g/mol. The van der Waals surface area contributed by atoms with Gasteiger partial charge >= 0.3 is 0 Å². The van der Waals surface area contributed by atoms with E-state index in [1.807, 2.05) is 6.07 Å². The average molecular weight is 357 g/mol. The summed E-state index contributed by atoms with van der Waals surface area (Å²) in [5.41, 5.74) is 7.49. The molecule has 9 heteroatoms. The van der Waals surface area contributed by atoms with E-state index in [-0.39, 0.29) is 23.2 Å². The third-order valence-electron chi connectivity index (χ3n) is 3.52. The van der Waals surface area contributed by atoms with Gasteiger partial charge in [-0.25, -0.2) is 4.39 Å². The minimum absolute atomic E-state index is 0.112. The van der Waals surface area contributed by atoms with Crippen molar-refractivity contribution in [1.82, 2.24) is 25.1 Å². The van der Waals surface area contributed by atoms with Gasteiger partial charge < -0.3 is 10.3 Å². The molecule has 124 valence electrons. The molecule has 4 aromatic rings. The molecule has 0 fully saturated rings. The van der Waals surface area contributed by atoms with E-state index in [2.05, 4.69) is 20.5 Å². The van der Waals surface area contributed by atoms with Gasteiger partial charge in [0.2, 0.25) is 5.82 Å². The van der Waals surface area contributed by atoms with Gasteiger partial charge in [-0.05, 0) is 36.4 Å². The molecule has 0 amide bonds. The van der Waals surface area contributed by atoms with Crippen molar-refractivity contribution in [3.05, 3.63) is 59.4 Å². The van der Waals surface area contributed by atoms with Crippen molar-refractivity contribution in [2.24, 2.45) is 0 Å². The first-order valence-electron chi connectivity index (χ1n) is 7.19. The predicted molar refractivity (Wildman–Crippen MR) is 89.5 cm³/mol. The lowest BCUT2D eigenvalue weighted by Crippen LogP contribution is -2.02. The summed E-state index contributed by atoms with van der Waals surface area (Å²) >= 11 is 6.13. The average Bonchev–Trinajstić information content (AvgIpc) is 3.23. The first-order valence-corrected chi connectivity index (χ1v) is 7.57. The van der Waals surface area contributed by atoms with E-state index in [0.717, 1.165) is 0 Å². The van der Waals surface area contributed by atoms with E-state index in [1.54, 1.807) is 18.2 Å². The van der Waals surface area contributed by atoms with Gasteiger partial charge in [-0.3, -0.25) is 0 Å². The third kappa shape index (κ3) is 2.72. The lowest BCUT2D eigenvalue weighted by Gasteiger charge is -2.01. The second kappa shape index (κ2) is 5.99. The van der Waals surface area contributed by atoms with E-state index in [1.165, 1.54) is 28.9 Å². The van der Waals surface area contributed by atoms with Crippen molar-refractivity contribution in [3.8, 4) is 28.7 Å². The van der Waals surface area contributed by atoms with Gasteiger partial charge in [0.1, 0.15) is 5.82 Å². The molecule has 0 unspecified atom stereocenters. The van der Waals surface area contributed by atoms with Crippen LogP contribution in [0.4, 0.5) is 10.2 Å². The van der Waals surface area contributed by atoms with E-state index < -0.39 is 0 Å². The fraction of sp³-hybridized carbons (Fsp3) is 0. The Bertz CT molecular complexity index is 1040. The summed E-state index contributed by atoms with van der Waals surface area (Å²) in [4.78, 5) is 4.28. The van der Waals surface area contributed by atoms with Crippen molar-refractivity contribution in [3.63, 3.8) is 0 Å². The molecule has 2 N–H and O–H groups in total. The molecule has 4 rings (SSSR count). The molecule has 0 aliphatic rings. The highest BCUT2D eigenvalue weighted by atomic mass is 35.5. The number of nitrogens with two attached hydrogens (primary N) is 1. The van der Waals surface area contributed by atoms with E-state index >= 15 is 0 Å². The highest BCUT2D eigenvalue weighted by Crippen LogP contribution is 2.29. The van der Waals surface area contributed by atoms with Crippen LogP contribution in [-0.4, -0.2) is 25.1 Å². The van der Waals surface area contributed by atoms with E-state index in [4.69, 9.17) is 21.9 Å². The maximum atomic E-state index is 13.0. The van der Waals surface area contributed by atoms with Crippen LogP contribution in [0.25, 0.3) is 28.7 Å². The molecule has 0 aliphatic heterocycles. The van der Waals surface area contributed by atoms with Crippen LogP contribution in [0.2, 0.25) is 5.02 Å². The first kappa shape index (κ1) is 15.3. The molecule has 0 atom stereocenters. The van der Waals surface area contributed by atoms with Crippen LogP contribution in [-0.2, 0) is 0 Å². The van der Waals surface area contributed by atoms with Crippen molar-refractivity contribution in [2.45, 2.75) is 0 Å². The Morgan fingerprint density at radius 1 is 1.08 bits per heavy atom. The predicted octanol–water partition coefficient (Wildman–Crippen LogP) is 3.36. The minimum atomic E-state index is -0.357. The molecule has 2 aromatic carbocycles. The number of rotatable bonds is 3. The first-order chi connectivity index (χ1) is 12.1. The quantitative estimate of drug-likeness (QED) is 0.604. The molecule has 0 saturated carbocycles. The number of hydrogen-bond acceptors (Lipinski definition) is 6. The normalized spacial score (nSPS) is 11.0. The van der Waals surface area contributed by atoms with Crippen molar-refractivity contribution in [1.29, 1.82) is 0 Å². The second-order valence-electron chi connectivity index (χ2n) is 5.11. The summed E-state index contributed by atoms with van der Waals surface area (Å²) in [6, 6.07) is 12.8. The summed E-state index contributed by atoms with van der Waals surface area (Å²) in [5, 5.41) is 12.3. The second-order valence-corrected chi connectivity index (χ2v) is 5.52. The van der Waals surface area contributed by atoms with Crippen molar-refractivity contribution in [2.75, 3.05) is 5.73 Å². The van der Waals surface area contributed by atoms with Gasteiger partial charge in [-0.2, -0.15) is 9.67 Å². The topological polar surface area (TPSA) is 95.7 Å². The summed E-state index contributed by atoms with van der Waals surface area (Å²) in [6.07, 6.45) is 0. The Morgan fingerprint density at radius 2 is 1.84 bits per heavy atom. The van der Waals surface area contributed by atoms with Crippen LogP contribution in [0.15, 0.2) is 53.1 Å². The third-order valence-corrected chi connectivity index (χ3v) is 3.85. The van der Waals surface area contributed by atoms with Crippen LogP contribution in [0.3, 0.4) is 0 Å². The minimum Gasteiger partial charge on any atom is -0.382 e. The van der Waals surface area contributed by atoms with Crippen LogP contribution in [0.5, 0.6) is 0 Å². The fourth-order valence-electron chi connectivity index (χ4n) is 2.29. The molecule has 0 bridgehead atoms. The fourth-order valence-corrected chi connectivity index (χ4v) is 2.51. The van der Waals surface area contributed by atoms with Gasteiger partial charge in [-0.1, -0.05) is 34.1 Å². The van der Waals surface area contributed by atoms with Gasteiger partial charge in [0, 0.05) is 5.56 Å². The van der Waals surface area contributed by atoms with Crippen LogP contribution in [0.1, 0.15) is 0 Å². The summed E-state index contributed by atoms with van der Waals surface area (Å²) in [5.74, 6) is 0.266. The molecule has 7 nitrogen and oxygen atoms in total. The van der Waals surface area contributed by atoms with Crippen LogP contribution < -0.4 is 5.73 Å². The number of aromatic nitrogens is 5. The van der Waals surface area contributed by atoms with Gasteiger partial charge in [0.25, 0.3) is 5.89 Å². The maximum Gasteiger partial charge on any atom is 0.282 e. The summed E-state index contributed by atoms with van der Waals surface area (Å²) < 4.78 is 19.6. The summed E-state index contributed by atoms with van der Waals surface area (Å²) in [6.45, 7) is 0. The zero-order valence-corrected chi connectivity index (χ0v) is 13.4. The lowest BCUT2D eigenvalue weighted by atomic mass is 10.2. The Balaban J connectivity index is 1.72. The number of hydrogen-bond donors (Lipinski definition) is 1. The lowest BCUT2D eigenvalue weighted by molar-refractivity contribution is 0.431. The highest BCUT2D eigenvalue weighted by molar-refractivity contribution is 6.33. The number of benzene rings is 2. The zero-order valence-electron chi connectivity index (χ0n) is 12.6. The highest BCUT2D eigenvalue weighted by Gasteiger charge is 2.20. The van der Waals surface area contributed by atoms with Crippen molar-refractivity contribution >= 4 is 17.4 Å². The van der Waals surface area contributed by atoms with Gasteiger partial charge in [-0.15, -0.1) is 5.10 Å². The number of halogens is 2. The Hall–Kier alpha value is -3.26. The monoisotopic (exact) mass is 356 g/mol. The Labute approximate surface area is 145 Å². The Morgan fingerprint density at radius 3 is 2.60 bits per heavy atom. The molecule has 0 radical (unpaired) electrons. The molecule has 0 saturated heterocycles. The maximum absolute atomic E-state index is 13.0. The standard InChI is InChI=1S/C16H10ClFN6O/c17-12-4-2-1-3-11(12)15-20-16(25-22-15)13-14(19)24(23-21-13)10-7-5-9(18)6-8-10/h1-8H,19H2. The largest absolute Gasteiger partial charge is 0.382 e. The van der Waals surface area contributed by atoms with Gasteiger partial charge in [0.05, 0.1) is 10.7 Å². The molecule has 2 aromatic heterocycles. The molecule has 2 heterocycles. The molecule has 25 heavy (non-hydrogen) atoms.